The van der Waals surface area contributed by atoms with Crippen molar-refractivity contribution in [3.8, 4) is 6.07 Å². The number of hydrogen-bond donors (Lipinski definition) is 4. The summed E-state index contributed by atoms with van der Waals surface area (Å²) in [6.07, 6.45) is -1.72. The highest BCUT2D eigenvalue weighted by Crippen LogP contribution is 2.34. The largest absolute Gasteiger partial charge is 0.394 e. The molecule has 5 N–H and O–H groups in total. The Bertz CT molecular complexity index is 724. The molecular weight excluding hydrogens is 278 g/mol. The number of nitrogen functional groups attached to an aromatic ring is 1. The molecule has 4 atom stereocenters. The Kier molecular flexibility index (Phi) is 3.23. The van der Waals surface area contributed by atoms with Crippen molar-refractivity contribution in [3.63, 3.8) is 0 Å². The molecule has 2 aromatic rings. The van der Waals surface area contributed by atoms with Crippen molar-refractivity contribution in [1.29, 1.82) is 5.26 Å². The quantitative estimate of drug-likeness (QED) is 0.521. The van der Waals surface area contributed by atoms with Crippen LogP contribution in [0.25, 0.3) is 11.0 Å². The number of fused-ring (bicyclic) bond motifs is 1. The molecular formula is C12H13N5O4. The van der Waals surface area contributed by atoms with Crippen molar-refractivity contribution in [2.24, 2.45) is 0 Å². The molecule has 1 aliphatic rings. The highest BCUT2D eigenvalue weighted by Gasteiger charge is 2.44. The van der Waals surface area contributed by atoms with E-state index in [1.165, 1.54) is 17.1 Å². The molecule has 0 spiro atoms. The van der Waals surface area contributed by atoms with Crippen molar-refractivity contribution < 1.29 is 20.1 Å². The monoisotopic (exact) mass is 291 g/mol. The number of aliphatic hydroxyl groups excluding tert-OH is 3. The molecule has 9 heteroatoms. The van der Waals surface area contributed by atoms with E-state index in [2.05, 4.69) is 9.97 Å². The fourth-order valence-electron chi connectivity index (χ4n) is 2.50. The van der Waals surface area contributed by atoms with Crippen molar-refractivity contribution in [1.82, 2.24) is 14.5 Å². The lowest BCUT2D eigenvalue weighted by Gasteiger charge is -2.17. The molecule has 3 rings (SSSR count). The Labute approximate surface area is 118 Å². The van der Waals surface area contributed by atoms with Gasteiger partial charge in [-0.2, -0.15) is 5.26 Å². The second-order valence-corrected chi connectivity index (χ2v) is 4.75. The third-order valence-corrected chi connectivity index (χ3v) is 3.55. The third kappa shape index (κ3) is 1.93. The van der Waals surface area contributed by atoms with Gasteiger partial charge in [0.1, 0.15) is 42.2 Å². The highest BCUT2D eigenvalue weighted by molar-refractivity contribution is 5.91. The van der Waals surface area contributed by atoms with Gasteiger partial charge in [-0.15, -0.1) is 0 Å². The zero-order valence-corrected chi connectivity index (χ0v) is 10.8. The van der Waals surface area contributed by atoms with E-state index in [4.69, 9.17) is 20.8 Å². The molecule has 3 heterocycles. The Morgan fingerprint density at radius 2 is 2.14 bits per heavy atom. The maximum absolute atomic E-state index is 10.1. The SMILES string of the molecule is N#Cc1cn(C2O[C@H](CO)[C@@H](O)[C@H]2O)c2ncnc(N)c12. The third-order valence-electron chi connectivity index (χ3n) is 3.55. The molecule has 9 nitrogen and oxygen atoms in total. The van der Waals surface area contributed by atoms with Gasteiger partial charge in [0.25, 0.3) is 0 Å². The van der Waals surface area contributed by atoms with Crippen LogP contribution in [-0.4, -0.2) is 54.8 Å². The first-order valence-electron chi connectivity index (χ1n) is 6.22. The number of hydrogen-bond acceptors (Lipinski definition) is 8. The summed E-state index contributed by atoms with van der Waals surface area (Å²) >= 11 is 0. The second-order valence-electron chi connectivity index (χ2n) is 4.75. The first-order chi connectivity index (χ1) is 10.1. The number of aliphatic hydroxyl groups is 3. The minimum atomic E-state index is -1.26. The summed E-state index contributed by atoms with van der Waals surface area (Å²) in [4.78, 5) is 7.88. The highest BCUT2D eigenvalue weighted by atomic mass is 16.6. The standard InChI is InChI=1S/C12H13N5O4/c13-1-5-2-17(11-7(5)10(14)15-4-16-11)12-9(20)8(19)6(3-18)21-12/h2,4,6,8-9,12,18-20H,3H2,(H2,14,15,16)/t6-,8-,9-,12?/m1/s1. The van der Waals surface area contributed by atoms with Crippen LogP contribution in [0, 0.1) is 11.3 Å². The topological polar surface area (TPSA) is 150 Å². The van der Waals surface area contributed by atoms with E-state index < -0.39 is 31.1 Å². The summed E-state index contributed by atoms with van der Waals surface area (Å²) < 4.78 is 6.84. The lowest BCUT2D eigenvalue weighted by atomic mass is 10.1. The van der Waals surface area contributed by atoms with Gasteiger partial charge in [0, 0.05) is 6.20 Å². The van der Waals surface area contributed by atoms with Gasteiger partial charge in [-0.3, -0.25) is 0 Å². The van der Waals surface area contributed by atoms with Gasteiger partial charge in [0.15, 0.2) is 6.23 Å². The lowest BCUT2D eigenvalue weighted by Crippen LogP contribution is -2.33. The zero-order chi connectivity index (χ0) is 15.1. The van der Waals surface area contributed by atoms with E-state index in [9.17, 15) is 10.2 Å². The van der Waals surface area contributed by atoms with Gasteiger partial charge in [-0.25, -0.2) is 9.97 Å². The molecule has 0 aromatic carbocycles. The Morgan fingerprint density at radius 3 is 2.76 bits per heavy atom. The van der Waals surface area contributed by atoms with Gasteiger partial charge < -0.3 is 30.4 Å². The average Bonchev–Trinajstić information content (AvgIpc) is 2.99. The number of nitrogens with zero attached hydrogens (tertiary/aromatic N) is 4. The van der Waals surface area contributed by atoms with Crippen LogP contribution in [0.3, 0.4) is 0 Å². The van der Waals surface area contributed by atoms with E-state index >= 15 is 0 Å². The summed E-state index contributed by atoms with van der Waals surface area (Å²) in [7, 11) is 0. The number of anilines is 1. The molecule has 0 amide bonds. The molecule has 21 heavy (non-hydrogen) atoms. The van der Waals surface area contributed by atoms with E-state index in [1.54, 1.807) is 0 Å². The normalized spacial score (nSPS) is 28.9. The smallest absolute Gasteiger partial charge is 0.164 e. The first-order valence-corrected chi connectivity index (χ1v) is 6.22. The van der Waals surface area contributed by atoms with Crippen molar-refractivity contribution >= 4 is 16.9 Å². The summed E-state index contributed by atoms with van der Waals surface area (Å²) in [6, 6.07) is 1.98. The van der Waals surface area contributed by atoms with Gasteiger partial charge in [0.2, 0.25) is 0 Å². The van der Waals surface area contributed by atoms with Gasteiger partial charge >= 0.3 is 0 Å². The molecule has 0 saturated carbocycles. The minimum Gasteiger partial charge on any atom is -0.394 e. The molecule has 0 aliphatic carbocycles. The van der Waals surface area contributed by atoms with Gasteiger partial charge in [-0.1, -0.05) is 0 Å². The van der Waals surface area contributed by atoms with Crippen LogP contribution in [0.5, 0.6) is 0 Å². The summed E-state index contributed by atoms with van der Waals surface area (Å²) in [6.45, 7) is -0.434. The van der Waals surface area contributed by atoms with Crippen LogP contribution in [0.1, 0.15) is 11.8 Å². The maximum Gasteiger partial charge on any atom is 0.164 e. The molecule has 1 saturated heterocycles. The van der Waals surface area contributed by atoms with Crippen LogP contribution in [-0.2, 0) is 4.74 Å². The number of ether oxygens (including phenoxy) is 1. The van der Waals surface area contributed by atoms with Crippen molar-refractivity contribution in [3.05, 3.63) is 18.1 Å². The zero-order valence-electron chi connectivity index (χ0n) is 10.8. The van der Waals surface area contributed by atoms with Crippen LogP contribution < -0.4 is 5.73 Å². The molecule has 2 aromatic heterocycles. The Hall–Kier alpha value is -2.25. The predicted octanol–water partition coefficient (Wildman–Crippen LogP) is -1.50. The summed E-state index contributed by atoms with van der Waals surface area (Å²) in [5.74, 6) is 0.141. The summed E-state index contributed by atoms with van der Waals surface area (Å²) in [5.41, 5.74) is 6.30. The second kappa shape index (κ2) is 4.94. The van der Waals surface area contributed by atoms with Crippen molar-refractivity contribution in [2.75, 3.05) is 12.3 Å². The van der Waals surface area contributed by atoms with Gasteiger partial charge in [-0.05, 0) is 0 Å². The average molecular weight is 291 g/mol. The maximum atomic E-state index is 10.1. The molecule has 0 radical (unpaired) electrons. The molecule has 1 fully saturated rings. The minimum absolute atomic E-state index is 0.141. The molecule has 1 unspecified atom stereocenters. The Balaban J connectivity index is 2.14. The van der Waals surface area contributed by atoms with E-state index in [0.717, 1.165) is 0 Å². The van der Waals surface area contributed by atoms with E-state index in [0.29, 0.717) is 11.0 Å². The molecule has 0 bridgehead atoms. The van der Waals surface area contributed by atoms with Gasteiger partial charge in [0.05, 0.1) is 17.6 Å². The number of nitrogens with two attached hydrogens (primary N) is 1. The number of aromatic nitrogens is 3. The number of nitriles is 1. The van der Waals surface area contributed by atoms with E-state index in [-0.39, 0.29) is 11.4 Å². The Morgan fingerprint density at radius 1 is 1.38 bits per heavy atom. The fraction of sp³-hybridized carbons (Fsp3) is 0.417. The predicted molar refractivity (Wildman–Crippen MR) is 69.7 cm³/mol. The first kappa shape index (κ1) is 13.7. The van der Waals surface area contributed by atoms with Crippen LogP contribution in [0.15, 0.2) is 12.5 Å². The molecule has 1 aliphatic heterocycles. The van der Waals surface area contributed by atoms with Crippen molar-refractivity contribution in [2.45, 2.75) is 24.5 Å². The van der Waals surface area contributed by atoms with Crippen LogP contribution in [0.2, 0.25) is 0 Å². The number of rotatable bonds is 2. The lowest BCUT2D eigenvalue weighted by molar-refractivity contribution is -0.0508. The van der Waals surface area contributed by atoms with Crippen LogP contribution >= 0.6 is 0 Å². The molecule has 110 valence electrons. The summed E-state index contributed by atoms with van der Waals surface area (Å²) in [5, 5.41) is 38.5. The van der Waals surface area contributed by atoms with E-state index in [1.807, 2.05) is 6.07 Å². The fourth-order valence-corrected chi connectivity index (χ4v) is 2.50. The van der Waals surface area contributed by atoms with Crippen LogP contribution in [0.4, 0.5) is 5.82 Å².